The van der Waals surface area contributed by atoms with E-state index in [0.717, 1.165) is 11.3 Å². The molecular formula is C7H10N2O. The van der Waals surface area contributed by atoms with Crippen LogP contribution in [0.3, 0.4) is 0 Å². The second-order valence-corrected chi connectivity index (χ2v) is 2.40. The Kier molecular flexibility index (Phi) is 1.57. The Morgan fingerprint density at radius 1 is 1.50 bits per heavy atom. The number of hydrogen-bond acceptors (Lipinski definition) is 2. The van der Waals surface area contributed by atoms with E-state index in [4.69, 9.17) is 0 Å². The van der Waals surface area contributed by atoms with Crippen LogP contribution in [0.1, 0.15) is 11.3 Å². The van der Waals surface area contributed by atoms with Crippen LogP contribution >= 0.6 is 0 Å². The molecule has 3 nitrogen and oxygen atoms in total. The van der Waals surface area contributed by atoms with Crippen LogP contribution < -0.4 is 5.69 Å². The first-order chi connectivity index (χ1) is 4.61. The molecule has 1 rings (SSSR count). The van der Waals surface area contributed by atoms with Crippen molar-refractivity contribution in [2.75, 3.05) is 0 Å². The zero-order chi connectivity index (χ0) is 7.72. The Balaban J connectivity index is 3.43. The molecule has 1 aromatic rings. The fraction of sp³-hybridized carbons (Fsp3) is 0.429. The Morgan fingerprint density at radius 3 is 2.60 bits per heavy atom. The maximum Gasteiger partial charge on any atom is 0.347 e. The molecular weight excluding hydrogens is 128 g/mol. The molecule has 0 aliphatic heterocycles. The van der Waals surface area contributed by atoms with Gasteiger partial charge < -0.3 is 4.57 Å². The molecule has 0 bridgehead atoms. The normalized spacial score (nSPS) is 9.90. The van der Waals surface area contributed by atoms with Crippen molar-refractivity contribution in [2.24, 2.45) is 7.05 Å². The van der Waals surface area contributed by atoms with Crippen LogP contribution in [0.2, 0.25) is 0 Å². The smallest absolute Gasteiger partial charge is 0.302 e. The highest BCUT2D eigenvalue weighted by Crippen LogP contribution is 1.95. The third-order valence-corrected chi connectivity index (χ3v) is 1.52. The van der Waals surface area contributed by atoms with Gasteiger partial charge in [-0.2, -0.15) is 4.98 Å². The van der Waals surface area contributed by atoms with Crippen molar-refractivity contribution >= 4 is 0 Å². The van der Waals surface area contributed by atoms with Gasteiger partial charge in [-0.25, -0.2) is 4.79 Å². The molecule has 0 aliphatic carbocycles. The highest BCUT2D eigenvalue weighted by Gasteiger charge is 1.95. The summed E-state index contributed by atoms with van der Waals surface area (Å²) in [7, 11) is 1.70. The van der Waals surface area contributed by atoms with Crippen molar-refractivity contribution in [1.82, 2.24) is 9.55 Å². The molecule has 0 radical (unpaired) electrons. The van der Waals surface area contributed by atoms with Crippen LogP contribution in [-0.4, -0.2) is 9.55 Å². The van der Waals surface area contributed by atoms with Crippen molar-refractivity contribution in [3.8, 4) is 0 Å². The third kappa shape index (κ3) is 1.07. The molecule has 1 aromatic heterocycles. The lowest BCUT2D eigenvalue weighted by atomic mass is 10.3. The van der Waals surface area contributed by atoms with E-state index in [1.54, 1.807) is 13.2 Å². The zero-order valence-corrected chi connectivity index (χ0v) is 6.38. The number of hydrogen-bond donors (Lipinski definition) is 0. The van der Waals surface area contributed by atoms with Gasteiger partial charge in [-0.05, 0) is 19.4 Å². The van der Waals surface area contributed by atoms with Gasteiger partial charge in [0.1, 0.15) is 0 Å². The first-order valence-electron chi connectivity index (χ1n) is 3.12. The van der Waals surface area contributed by atoms with E-state index in [1.165, 1.54) is 4.57 Å². The van der Waals surface area contributed by atoms with Crippen LogP contribution in [0.5, 0.6) is 0 Å². The molecule has 10 heavy (non-hydrogen) atoms. The van der Waals surface area contributed by atoms with Gasteiger partial charge in [0.2, 0.25) is 0 Å². The van der Waals surface area contributed by atoms with Crippen molar-refractivity contribution in [2.45, 2.75) is 13.8 Å². The van der Waals surface area contributed by atoms with Gasteiger partial charge in [-0.3, -0.25) is 0 Å². The quantitative estimate of drug-likeness (QED) is 0.520. The summed E-state index contributed by atoms with van der Waals surface area (Å²) in [5.74, 6) is 0. The summed E-state index contributed by atoms with van der Waals surface area (Å²) < 4.78 is 1.47. The van der Waals surface area contributed by atoms with Gasteiger partial charge in [0.05, 0.1) is 0 Å². The summed E-state index contributed by atoms with van der Waals surface area (Å²) in [6.45, 7) is 3.76. The first-order valence-corrected chi connectivity index (χ1v) is 3.12. The number of aryl methyl sites for hydroxylation is 3. The maximum atomic E-state index is 10.8. The van der Waals surface area contributed by atoms with Crippen LogP contribution in [0, 0.1) is 13.8 Å². The minimum absolute atomic E-state index is 0.192. The van der Waals surface area contributed by atoms with E-state index in [0.29, 0.717) is 0 Å². The van der Waals surface area contributed by atoms with Crippen molar-refractivity contribution in [3.63, 3.8) is 0 Å². The monoisotopic (exact) mass is 138 g/mol. The number of aromatic nitrogens is 2. The van der Waals surface area contributed by atoms with Crippen molar-refractivity contribution in [1.29, 1.82) is 0 Å². The van der Waals surface area contributed by atoms with Crippen LogP contribution in [0.25, 0.3) is 0 Å². The summed E-state index contributed by atoms with van der Waals surface area (Å²) in [6.07, 6.45) is 1.78. The van der Waals surface area contributed by atoms with E-state index < -0.39 is 0 Å². The van der Waals surface area contributed by atoms with E-state index in [1.807, 2.05) is 13.8 Å². The lowest BCUT2D eigenvalue weighted by molar-refractivity contribution is 0.788. The molecule has 1 heterocycles. The average Bonchev–Trinajstić information content (AvgIpc) is 1.84. The van der Waals surface area contributed by atoms with Crippen LogP contribution in [0.15, 0.2) is 11.0 Å². The minimum Gasteiger partial charge on any atom is -0.302 e. The predicted octanol–water partition coefficient (Wildman–Crippen LogP) is 0.397. The van der Waals surface area contributed by atoms with Gasteiger partial charge in [0, 0.05) is 18.9 Å². The van der Waals surface area contributed by atoms with Gasteiger partial charge >= 0.3 is 5.69 Å². The summed E-state index contributed by atoms with van der Waals surface area (Å²) >= 11 is 0. The van der Waals surface area contributed by atoms with Crippen molar-refractivity contribution in [3.05, 3.63) is 27.9 Å². The summed E-state index contributed by atoms with van der Waals surface area (Å²) in [4.78, 5) is 14.6. The highest BCUT2D eigenvalue weighted by molar-refractivity contribution is 5.11. The molecule has 0 saturated heterocycles. The van der Waals surface area contributed by atoms with E-state index in [-0.39, 0.29) is 5.69 Å². The molecule has 0 fully saturated rings. The lowest BCUT2D eigenvalue weighted by Gasteiger charge is -1.99. The maximum absolute atomic E-state index is 10.8. The molecule has 0 aliphatic rings. The second-order valence-electron chi connectivity index (χ2n) is 2.40. The first kappa shape index (κ1) is 6.99. The SMILES string of the molecule is Cc1cn(C)c(=O)nc1C. The zero-order valence-electron chi connectivity index (χ0n) is 6.38. The highest BCUT2D eigenvalue weighted by atomic mass is 16.1. The molecule has 0 amide bonds. The standard InChI is InChI=1S/C7H10N2O/c1-5-4-9(3)7(10)8-6(5)2/h4H,1-3H3. The fourth-order valence-corrected chi connectivity index (χ4v) is 0.750. The molecule has 0 atom stereocenters. The Labute approximate surface area is 59.3 Å². The average molecular weight is 138 g/mol. The third-order valence-electron chi connectivity index (χ3n) is 1.52. The Bertz CT molecular complexity index is 301. The summed E-state index contributed by atoms with van der Waals surface area (Å²) in [5, 5.41) is 0. The number of nitrogens with zero attached hydrogens (tertiary/aromatic N) is 2. The largest absolute Gasteiger partial charge is 0.347 e. The second kappa shape index (κ2) is 2.25. The molecule has 54 valence electrons. The van der Waals surface area contributed by atoms with E-state index >= 15 is 0 Å². The lowest BCUT2D eigenvalue weighted by Crippen LogP contribution is -2.20. The Hall–Kier alpha value is -1.12. The van der Waals surface area contributed by atoms with Crippen LogP contribution in [-0.2, 0) is 7.05 Å². The fourth-order valence-electron chi connectivity index (χ4n) is 0.750. The van der Waals surface area contributed by atoms with E-state index in [2.05, 4.69) is 4.98 Å². The van der Waals surface area contributed by atoms with E-state index in [9.17, 15) is 4.79 Å². The topological polar surface area (TPSA) is 34.9 Å². The van der Waals surface area contributed by atoms with Crippen LogP contribution in [0.4, 0.5) is 0 Å². The van der Waals surface area contributed by atoms with Gasteiger partial charge in [-0.15, -0.1) is 0 Å². The molecule has 0 unspecified atom stereocenters. The summed E-state index contributed by atoms with van der Waals surface area (Å²) in [6, 6.07) is 0. The Morgan fingerprint density at radius 2 is 2.10 bits per heavy atom. The van der Waals surface area contributed by atoms with Crippen molar-refractivity contribution < 1.29 is 0 Å². The number of rotatable bonds is 0. The predicted molar refractivity (Wildman–Crippen MR) is 39.0 cm³/mol. The molecule has 3 heteroatoms. The minimum atomic E-state index is -0.192. The van der Waals surface area contributed by atoms with Gasteiger partial charge in [0.15, 0.2) is 0 Å². The molecule has 0 spiro atoms. The summed E-state index contributed by atoms with van der Waals surface area (Å²) in [5.41, 5.74) is 1.66. The van der Waals surface area contributed by atoms with Gasteiger partial charge in [-0.1, -0.05) is 0 Å². The molecule has 0 saturated carbocycles. The van der Waals surface area contributed by atoms with Gasteiger partial charge in [0.25, 0.3) is 0 Å². The molecule has 0 N–H and O–H groups in total. The molecule has 0 aromatic carbocycles.